The highest BCUT2D eigenvalue weighted by Crippen LogP contribution is 2.22. The molecule has 0 bridgehead atoms. The fraction of sp³-hybridized carbons (Fsp3) is 0.900. The van der Waals surface area contributed by atoms with Crippen LogP contribution < -0.4 is 5.32 Å². The van der Waals surface area contributed by atoms with E-state index in [2.05, 4.69) is 5.32 Å². The molecule has 1 saturated heterocycles. The minimum Gasteiger partial charge on any atom is -0.444 e. The van der Waals surface area contributed by atoms with Gasteiger partial charge in [0.2, 0.25) is 0 Å². The van der Waals surface area contributed by atoms with Gasteiger partial charge in [-0.05, 0) is 27.8 Å². The monoisotopic (exact) mass is 218 g/mol. The molecule has 0 saturated carbocycles. The zero-order valence-corrected chi connectivity index (χ0v) is 9.76. The molecule has 1 fully saturated rings. The Morgan fingerprint density at radius 3 is 2.47 bits per heavy atom. The van der Waals surface area contributed by atoms with Crippen molar-refractivity contribution in [2.45, 2.75) is 32.0 Å². The van der Waals surface area contributed by atoms with E-state index in [4.69, 9.17) is 4.74 Å². The summed E-state index contributed by atoms with van der Waals surface area (Å²) in [7, 11) is 1.84. The fourth-order valence-corrected chi connectivity index (χ4v) is 1.58. The van der Waals surface area contributed by atoms with Crippen molar-refractivity contribution >= 4 is 6.09 Å². The van der Waals surface area contributed by atoms with Gasteiger partial charge in [-0.1, -0.05) is 0 Å². The quantitative estimate of drug-likeness (QED) is 0.756. The average Bonchev–Trinajstić information content (AvgIpc) is 1.95. The number of nitrogens with one attached hydrogen (secondary N) is 1. The number of alkyl carbamates (subject to hydrolysis) is 1. The highest BCUT2D eigenvalue weighted by molar-refractivity contribution is 5.67. The molecule has 4 nitrogen and oxygen atoms in total. The largest absolute Gasteiger partial charge is 0.444 e. The zero-order chi connectivity index (χ0) is 11.7. The van der Waals surface area contributed by atoms with Crippen LogP contribution in [0, 0.1) is 0 Å². The average molecular weight is 218 g/mol. The van der Waals surface area contributed by atoms with Crippen LogP contribution in [0.15, 0.2) is 0 Å². The van der Waals surface area contributed by atoms with Crippen LogP contribution >= 0.6 is 0 Å². The van der Waals surface area contributed by atoms with Gasteiger partial charge in [0.15, 0.2) is 5.67 Å². The van der Waals surface area contributed by atoms with E-state index in [1.165, 1.54) is 0 Å². The number of likely N-dealkylation sites (tertiary alicyclic amines) is 1. The van der Waals surface area contributed by atoms with Crippen LogP contribution in [0.1, 0.15) is 20.8 Å². The molecule has 1 amide bonds. The van der Waals surface area contributed by atoms with Crippen LogP contribution in [0.2, 0.25) is 0 Å². The molecule has 88 valence electrons. The number of amides is 1. The van der Waals surface area contributed by atoms with Crippen molar-refractivity contribution in [2.24, 2.45) is 0 Å². The smallest absolute Gasteiger partial charge is 0.407 e. The van der Waals surface area contributed by atoms with E-state index >= 15 is 0 Å². The van der Waals surface area contributed by atoms with Gasteiger partial charge in [0.05, 0.1) is 6.54 Å². The van der Waals surface area contributed by atoms with Gasteiger partial charge in [0.25, 0.3) is 0 Å². The molecule has 1 aliphatic heterocycles. The van der Waals surface area contributed by atoms with Crippen LogP contribution in [-0.2, 0) is 4.74 Å². The number of rotatable bonds is 2. The summed E-state index contributed by atoms with van der Waals surface area (Å²) in [4.78, 5) is 13.1. The van der Waals surface area contributed by atoms with Gasteiger partial charge in [-0.3, -0.25) is 4.90 Å². The molecule has 0 spiro atoms. The van der Waals surface area contributed by atoms with Crippen molar-refractivity contribution in [2.75, 3.05) is 26.7 Å². The highest BCUT2D eigenvalue weighted by atomic mass is 19.1. The van der Waals surface area contributed by atoms with Gasteiger partial charge in [0, 0.05) is 13.1 Å². The Labute approximate surface area is 89.8 Å². The van der Waals surface area contributed by atoms with Gasteiger partial charge >= 0.3 is 6.09 Å². The summed E-state index contributed by atoms with van der Waals surface area (Å²) in [6.07, 6.45) is -0.561. The molecule has 0 radical (unpaired) electrons. The topological polar surface area (TPSA) is 41.6 Å². The molecule has 0 aromatic heterocycles. The maximum absolute atomic E-state index is 13.6. The zero-order valence-electron chi connectivity index (χ0n) is 9.76. The van der Waals surface area contributed by atoms with Crippen molar-refractivity contribution in [3.05, 3.63) is 0 Å². The molecule has 1 rings (SSSR count). The number of ether oxygens (including phenoxy) is 1. The number of halogens is 1. The molecule has 0 atom stereocenters. The predicted molar refractivity (Wildman–Crippen MR) is 55.6 cm³/mol. The number of hydrogen-bond donors (Lipinski definition) is 1. The molecular weight excluding hydrogens is 199 g/mol. The van der Waals surface area contributed by atoms with Crippen molar-refractivity contribution in [3.8, 4) is 0 Å². The van der Waals surface area contributed by atoms with Crippen molar-refractivity contribution in [3.63, 3.8) is 0 Å². The first kappa shape index (κ1) is 12.2. The summed E-state index contributed by atoms with van der Waals surface area (Å²) >= 11 is 0. The Morgan fingerprint density at radius 1 is 1.53 bits per heavy atom. The molecule has 5 heteroatoms. The van der Waals surface area contributed by atoms with Gasteiger partial charge < -0.3 is 10.1 Å². The second-order valence-corrected chi connectivity index (χ2v) is 5.18. The summed E-state index contributed by atoms with van der Waals surface area (Å²) in [6, 6.07) is 0. The second kappa shape index (κ2) is 3.96. The Balaban J connectivity index is 2.23. The Bertz CT molecular complexity index is 244. The van der Waals surface area contributed by atoms with Crippen LogP contribution in [0.5, 0.6) is 0 Å². The van der Waals surface area contributed by atoms with E-state index in [9.17, 15) is 9.18 Å². The molecule has 0 aromatic carbocycles. The molecule has 15 heavy (non-hydrogen) atoms. The predicted octanol–water partition coefficient (Wildman–Crippen LogP) is 1.16. The number of carbonyl (C=O) groups excluding carboxylic acids is 1. The lowest BCUT2D eigenvalue weighted by Crippen LogP contribution is -2.62. The molecule has 0 aliphatic carbocycles. The third-order valence-electron chi connectivity index (χ3n) is 2.05. The Kier molecular flexibility index (Phi) is 3.23. The van der Waals surface area contributed by atoms with Crippen LogP contribution in [0.3, 0.4) is 0 Å². The van der Waals surface area contributed by atoms with Gasteiger partial charge in [-0.25, -0.2) is 9.18 Å². The van der Waals surface area contributed by atoms with Crippen molar-refractivity contribution in [1.82, 2.24) is 10.2 Å². The summed E-state index contributed by atoms with van der Waals surface area (Å²) in [6.45, 7) is 6.07. The molecule has 1 heterocycles. The standard InChI is InChI=1S/C10H19FN2O2/c1-9(2,3)15-8(14)12-5-10(11)6-13(4)7-10/h5-7H2,1-4H3,(H,12,14). The third-order valence-corrected chi connectivity index (χ3v) is 2.05. The first-order valence-electron chi connectivity index (χ1n) is 5.05. The summed E-state index contributed by atoms with van der Waals surface area (Å²) in [5.74, 6) is 0. The van der Waals surface area contributed by atoms with Crippen LogP contribution in [-0.4, -0.2) is 48.9 Å². The first-order chi connectivity index (χ1) is 6.70. The maximum atomic E-state index is 13.6. The number of carbonyl (C=O) groups is 1. The van der Waals surface area contributed by atoms with E-state index in [1.54, 1.807) is 20.8 Å². The van der Waals surface area contributed by atoms with E-state index in [-0.39, 0.29) is 6.54 Å². The minimum absolute atomic E-state index is 0.0201. The fourth-order valence-electron chi connectivity index (χ4n) is 1.58. The number of hydrogen-bond acceptors (Lipinski definition) is 3. The Morgan fingerprint density at radius 2 is 2.07 bits per heavy atom. The molecule has 1 aliphatic rings. The molecule has 1 N–H and O–H groups in total. The maximum Gasteiger partial charge on any atom is 0.407 e. The number of alkyl halides is 1. The molecular formula is C10H19FN2O2. The van der Waals surface area contributed by atoms with Gasteiger partial charge in [-0.2, -0.15) is 0 Å². The lowest BCUT2D eigenvalue weighted by molar-refractivity contribution is -0.0171. The van der Waals surface area contributed by atoms with Gasteiger partial charge in [-0.15, -0.1) is 0 Å². The van der Waals surface area contributed by atoms with Crippen LogP contribution in [0.4, 0.5) is 9.18 Å². The lowest BCUT2D eigenvalue weighted by atomic mass is 9.97. The van der Waals surface area contributed by atoms with Crippen LogP contribution in [0.25, 0.3) is 0 Å². The summed E-state index contributed by atoms with van der Waals surface area (Å²) < 4.78 is 18.6. The van der Waals surface area contributed by atoms with E-state index in [0.717, 1.165) is 0 Å². The van der Waals surface area contributed by atoms with Crippen molar-refractivity contribution in [1.29, 1.82) is 0 Å². The van der Waals surface area contributed by atoms with Gasteiger partial charge in [0.1, 0.15) is 5.60 Å². The normalized spacial score (nSPS) is 20.6. The van der Waals surface area contributed by atoms with Crippen molar-refractivity contribution < 1.29 is 13.9 Å². The van der Waals surface area contributed by atoms with E-state index < -0.39 is 17.4 Å². The lowest BCUT2D eigenvalue weighted by Gasteiger charge is -2.42. The summed E-state index contributed by atoms with van der Waals surface area (Å²) in [5, 5.41) is 2.44. The Hall–Kier alpha value is -0.840. The second-order valence-electron chi connectivity index (χ2n) is 5.18. The highest BCUT2D eigenvalue weighted by Gasteiger charge is 2.41. The minimum atomic E-state index is -1.29. The van der Waals surface area contributed by atoms with E-state index in [0.29, 0.717) is 13.1 Å². The SMILES string of the molecule is CN1CC(F)(CNC(=O)OC(C)(C)C)C1. The molecule has 0 unspecified atom stereocenters. The van der Waals surface area contributed by atoms with E-state index in [1.807, 2.05) is 11.9 Å². The first-order valence-corrected chi connectivity index (χ1v) is 5.05. The summed E-state index contributed by atoms with van der Waals surface area (Å²) in [5.41, 5.74) is -1.82. The third kappa shape index (κ3) is 4.03. The number of nitrogens with zero attached hydrogens (tertiary/aromatic N) is 1. The molecule has 0 aromatic rings.